The van der Waals surface area contributed by atoms with Crippen molar-refractivity contribution in [3.8, 4) is 0 Å². The number of rotatable bonds is 7. The lowest BCUT2D eigenvalue weighted by atomic mass is 10.2. The number of aliphatic hydroxyl groups is 1. The van der Waals surface area contributed by atoms with Crippen molar-refractivity contribution in [2.75, 3.05) is 37.7 Å². The van der Waals surface area contributed by atoms with Crippen molar-refractivity contribution in [1.82, 2.24) is 9.88 Å². The molecule has 0 aliphatic carbocycles. The van der Waals surface area contributed by atoms with Gasteiger partial charge in [0.2, 0.25) is 0 Å². The molecule has 1 fully saturated rings. The van der Waals surface area contributed by atoms with Gasteiger partial charge in [0.25, 0.3) is 0 Å². The zero-order valence-electron chi connectivity index (χ0n) is 14.0. The summed E-state index contributed by atoms with van der Waals surface area (Å²) in [4.78, 5) is 9.06. The first-order valence-corrected chi connectivity index (χ1v) is 9.28. The third-order valence-electron chi connectivity index (χ3n) is 4.27. The highest BCUT2D eigenvalue weighted by Crippen LogP contribution is 2.22. The van der Waals surface area contributed by atoms with Crippen LogP contribution in [0.15, 0.2) is 41.9 Å². The Bertz CT molecular complexity index is 594. The summed E-state index contributed by atoms with van der Waals surface area (Å²) in [6.07, 6.45) is 1.40. The molecule has 24 heavy (non-hydrogen) atoms. The number of anilines is 1. The van der Waals surface area contributed by atoms with Crippen molar-refractivity contribution in [3.63, 3.8) is 0 Å². The maximum Gasteiger partial charge on any atom is 0.185 e. The van der Waals surface area contributed by atoms with Gasteiger partial charge in [0.05, 0.1) is 19.3 Å². The standard InChI is InChI=1S/C18H25N3O2S/c1-15-11-20(8-9-21(15)18-19-7-10-24-18)12-17(22)14-23-13-16-5-3-2-4-6-16/h2-7,10,15,17,22H,8-9,11-14H2,1H3/t15-,17+/m1/s1. The summed E-state index contributed by atoms with van der Waals surface area (Å²) < 4.78 is 5.63. The molecule has 0 bridgehead atoms. The molecule has 1 N–H and O–H groups in total. The average Bonchev–Trinajstić information content (AvgIpc) is 3.10. The van der Waals surface area contributed by atoms with Gasteiger partial charge in [-0.1, -0.05) is 30.3 Å². The van der Waals surface area contributed by atoms with E-state index in [1.807, 2.05) is 41.9 Å². The maximum absolute atomic E-state index is 10.2. The number of hydrogen-bond acceptors (Lipinski definition) is 6. The lowest BCUT2D eigenvalue weighted by Crippen LogP contribution is -2.53. The first-order valence-electron chi connectivity index (χ1n) is 8.40. The number of β-amino-alcohol motifs (C(OH)–C–C–N with tert-alkyl or cyclic N) is 1. The van der Waals surface area contributed by atoms with Crippen molar-refractivity contribution >= 4 is 16.5 Å². The van der Waals surface area contributed by atoms with Crippen molar-refractivity contribution in [1.29, 1.82) is 0 Å². The van der Waals surface area contributed by atoms with E-state index in [1.165, 1.54) is 0 Å². The van der Waals surface area contributed by atoms with Crippen LogP contribution in [0.4, 0.5) is 5.13 Å². The minimum absolute atomic E-state index is 0.371. The fraction of sp³-hybridized carbons (Fsp3) is 0.500. The van der Waals surface area contributed by atoms with Crippen molar-refractivity contribution < 1.29 is 9.84 Å². The summed E-state index contributed by atoms with van der Waals surface area (Å²) >= 11 is 1.68. The molecule has 0 saturated carbocycles. The second-order valence-electron chi connectivity index (χ2n) is 6.27. The highest BCUT2D eigenvalue weighted by atomic mass is 32.1. The SMILES string of the molecule is C[C@@H]1CN(C[C@H](O)COCc2ccccc2)CCN1c1nccs1. The molecule has 3 rings (SSSR count). The summed E-state index contributed by atoms with van der Waals surface area (Å²) in [5.74, 6) is 0. The van der Waals surface area contributed by atoms with E-state index in [-0.39, 0.29) is 0 Å². The summed E-state index contributed by atoms with van der Waals surface area (Å²) in [7, 11) is 0. The van der Waals surface area contributed by atoms with Gasteiger partial charge in [0.1, 0.15) is 0 Å². The molecule has 0 spiro atoms. The molecule has 2 aromatic rings. The summed E-state index contributed by atoms with van der Waals surface area (Å²) in [6.45, 7) is 6.63. The largest absolute Gasteiger partial charge is 0.389 e. The number of piperazine rings is 1. The van der Waals surface area contributed by atoms with Crippen molar-refractivity contribution in [2.45, 2.75) is 25.7 Å². The molecule has 2 heterocycles. The van der Waals surface area contributed by atoms with Gasteiger partial charge >= 0.3 is 0 Å². The number of ether oxygens (including phenoxy) is 1. The zero-order valence-corrected chi connectivity index (χ0v) is 14.9. The number of aliphatic hydroxyl groups excluding tert-OH is 1. The predicted molar refractivity (Wildman–Crippen MR) is 97.5 cm³/mol. The third kappa shape index (κ3) is 4.77. The molecule has 130 valence electrons. The van der Waals surface area contributed by atoms with Gasteiger partial charge in [-0.2, -0.15) is 0 Å². The van der Waals surface area contributed by atoms with Gasteiger partial charge in [0.15, 0.2) is 5.13 Å². The van der Waals surface area contributed by atoms with Crippen LogP contribution < -0.4 is 4.90 Å². The molecule has 1 aromatic carbocycles. The van der Waals surface area contributed by atoms with Crippen LogP contribution in [0.1, 0.15) is 12.5 Å². The summed E-state index contributed by atoms with van der Waals surface area (Å²) in [5.41, 5.74) is 1.13. The lowest BCUT2D eigenvalue weighted by Gasteiger charge is -2.40. The Labute approximate surface area is 147 Å². The van der Waals surface area contributed by atoms with Gasteiger partial charge in [-0.05, 0) is 12.5 Å². The number of benzene rings is 1. The van der Waals surface area contributed by atoms with Crippen molar-refractivity contribution in [2.24, 2.45) is 0 Å². The number of aromatic nitrogens is 1. The number of thiazole rings is 1. The van der Waals surface area contributed by atoms with Crippen LogP contribution in [-0.4, -0.2) is 59.9 Å². The lowest BCUT2D eigenvalue weighted by molar-refractivity contribution is 0.00743. The molecular weight excluding hydrogens is 322 g/mol. The molecule has 5 nitrogen and oxygen atoms in total. The second kappa shape index (κ2) is 8.58. The van der Waals surface area contributed by atoms with Gasteiger partial charge in [0, 0.05) is 43.8 Å². The topological polar surface area (TPSA) is 48.8 Å². The number of hydrogen-bond donors (Lipinski definition) is 1. The normalized spacial score (nSPS) is 20.2. The van der Waals surface area contributed by atoms with E-state index < -0.39 is 6.10 Å². The van der Waals surface area contributed by atoms with E-state index in [9.17, 15) is 5.11 Å². The fourth-order valence-electron chi connectivity index (χ4n) is 3.08. The van der Waals surface area contributed by atoms with Gasteiger partial charge < -0.3 is 14.7 Å². The van der Waals surface area contributed by atoms with Crippen LogP contribution in [0.25, 0.3) is 0 Å². The van der Waals surface area contributed by atoms with Gasteiger partial charge in [-0.3, -0.25) is 4.90 Å². The van der Waals surface area contributed by atoms with Crippen LogP contribution in [0.5, 0.6) is 0 Å². The Morgan fingerprint density at radius 1 is 1.33 bits per heavy atom. The van der Waals surface area contributed by atoms with Gasteiger partial charge in [-0.25, -0.2) is 4.98 Å². The Morgan fingerprint density at radius 3 is 2.88 bits per heavy atom. The highest BCUT2D eigenvalue weighted by Gasteiger charge is 2.26. The van der Waals surface area contributed by atoms with Crippen LogP contribution in [0.3, 0.4) is 0 Å². The predicted octanol–water partition coefficient (Wildman–Crippen LogP) is 2.23. The first kappa shape index (κ1) is 17.4. The molecule has 0 unspecified atom stereocenters. The molecule has 0 radical (unpaired) electrons. The quantitative estimate of drug-likeness (QED) is 0.832. The number of nitrogens with zero attached hydrogens (tertiary/aromatic N) is 3. The Morgan fingerprint density at radius 2 is 2.17 bits per heavy atom. The molecule has 1 aliphatic heterocycles. The molecule has 1 aromatic heterocycles. The molecule has 1 saturated heterocycles. The van der Waals surface area contributed by atoms with Crippen LogP contribution >= 0.6 is 11.3 Å². The van der Waals surface area contributed by atoms with E-state index in [1.54, 1.807) is 11.3 Å². The fourth-order valence-corrected chi connectivity index (χ4v) is 3.85. The minimum Gasteiger partial charge on any atom is -0.389 e. The summed E-state index contributed by atoms with van der Waals surface area (Å²) in [5, 5.41) is 13.3. The first-order chi connectivity index (χ1) is 11.7. The molecular formula is C18H25N3O2S. The third-order valence-corrected chi connectivity index (χ3v) is 5.08. The smallest absolute Gasteiger partial charge is 0.185 e. The second-order valence-corrected chi connectivity index (χ2v) is 7.14. The summed E-state index contributed by atoms with van der Waals surface area (Å²) in [6, 6.07) is 10.5. The Hall–Kier alpha value is -1.47. The van der Waals surface area contributed by atoms with Gasteiger partial charge in [-0.15, -0.1) is 11.3 Å². The maximum atomic E-state index is 10.2. The van der Waals surface area contributed by atoms with Crippen molar-refractivity contribution in [3.05, 3.63) is 47.5 Å². The van der Waals surface area contributed by atoms with Crippen LogP contribution in [-0.2, 0) is 11.3 Å². The Kier molecular flexibility index (Phi) is 6.20. The van der Waals surface area contributed by atoms with E-state index in [0.29, 0.717) is 25.8 Å². The van der Waals surface area contributed by atoms with Crippen LogP contribution in [0, 0.1) is 0 Å². The van der Waals surface area contributed by atoms with Crippen LogP contribution in [0.2, 0.25) is 0 Å². The van der Waals surface area contributed by atoms with E-state index >= 15 is 0 Å². The van der Waals surface area contributed by atoms with E-state index in [4.69, 9.17) is 4.74 Å². The average molecular weight is 347 g/mol. The minimum atomic E-state index is -0.452. The van der Waals surface area contributed by atoms with E-state index in [0.717, 1.165) is 30.3 Å². The van der Waals surface area contributed by atoms with E-state index in [2.05, 4.69) is 21.7 Å². The molecule has 2 atom stereocenters. The molecule has 1 aliphatic rings. The Balaban J connectivity index is 1.39. The highest BCUT2D eigenvalue weighted by molar-refractivity contribution is 7.13. The molecule has 6 heteroatoms. The molecule has 0 amide bonds. The zero-order chi connectivity index (χ0) is 16.8. The monoisotopic (exact) mass is 347 g/mol.